The van der Waals surface area contributed by atoms with Crippen molar-refractivity contribution in [2.75, 3.05) is 12.4 Å². The summed E-state index contributed by atoms with van der Waals surface area (Å²) >= 11 is 1.47. The minimum absolute atomic E-state index is 0.0124. The fourth-order valence-corrected chi connectivity index (χ4v) is 4.84. The molecule has 1 aromatic heterocycles. The summed E-state index contributed by atoms with van der Waals surface area (Å²) in [6.45, 7) is 6.35. The zero-order valence-corrected chi connectivity index (χ0v) is 22.0. The van der Waals surface area contributed by atoms with Gasteiger partial charge in [0.15, 0.2) is 5.16 Å². The van der Waals surface area contributed by atoms with Crippen molar-refractivity contribution in [2.24, 2.45) is 0 Å². The Hall–Kier alpha value is -4.05. The average Bonchev–Trinajstić information content (AvgIpc) is 3.18. The molecule has 0 spiro atoms. The Morgan fingerprint density at radius 1 is 1.11 bits per heavy atom. The number of urea groups is 1. The lowest BCUT2D eigenvalue weighted by Crippen LogP contribution is -2.43. The molecule has 0 saturated carbocycles. The summed E-state index contributed by atoms with van der Waals surface area (Å²) in [5.41, 5.74) is 3.76. The largest absolute Gasteiger partial charge is 0.496 e. The number of nitro benzene ring substituents is 1. The number of nitrogens with zero attached hydrogens (tertiary/aromatic N) is 3. The number of hydrogen-bond acceptors (Lipinski definition) is 6. The molecule has 0 aliphatic heterocycles. The molecule has 0 saturated heterocycles. The average molecular weight is 520 g/mol. The maximum absolute atomic E-state index is 12.4. The molecule has 0 bridgehead atoms. The standard InChI is InChI=1S/C27H29N5O4S/c1-27(2,3)30-25(33)28-20-10-12-23-22(15-20)29-26(31(23)16-18-8-6-5-7-9-18)37-17-19-14-21(32(34)35)11-13-24(19)36-4/h5-15H,16-17H2,1-4H3,(H2,28,30,33). The third-order valence-corrected chi connectivity index (χ3v) is 6.50. The number of rotatable bonds is 8. The number of amides is 2. The Bertz CT molecular complexity index is 1430. The number of aromatic nitrogens is 2. The van der Waals surface area contributed by atoms with Gasteiger partial charge in [0.05, 0.1) is 29.6 Å². The van der Waals surface area contributed by atoms with E-state index in [1.165, 1.54) is 23.9 Å². The van der Waals surface area contributed by atoms with Crippen LogP contribution in [0.15, 0.2) is 71.9 Å². The summed E-state index contributed by atoms with van der Waals surface area (Å²) in [6, 6.07) is 20.0. The summed E-state index contributed by atoms with van der Waals surface area (Å²) in [4.78, 5) is 28.1. The number of methoxy groups -OCH3 is 1. The Kier molecular flexibility index (Phi) is 7.68. The molecule has 4 aromatic rings. The molecule has 0 radical (unpaired) electrons. The van der Waals surface area contributed by atoms with Gasteiger partial charge in [0.25, 0.3) is 5.69 Å². The monoisotopic (exact) mass is 519 g/mol. The van der Waals surface area contributed by atoms with Crippen LogP contribution in [0.2, 0.25) is 0 Å². The maximum atomic E-state index is 12.4. The second-order valence-electron chi connectivity index (χ2n) is 9.54. The number of nitro groups is 1. The van der Waals surface area contributed by atoms with Crippen LogP contribution >= 0.6 is 11.8 Å². The molecule has 10 heteroatoms. The molecule has 37 heavy (non-hydrogen) atoms. The van der Waals surface area contributed by atoms with Crippen molar-refractivity contribution in [1.82, 2.24) is 14.9 Å². The van der Waals surface area contributed by atoms with Gasteiger partial charge in [0, 0.05) is 34.7 Å². The number of carbonyl (C=O) groups is 1. The smallest absolute Gasteiger partial charge is 0.319 e. The van der Waals surface area contributed by atoms with Gasteiger partial charge in [-0.25, -0.2) is 9.78 Å². The summed E-state index contributed by atoms with van der Waals surface area (Å²) in [5.74, 6) is 1.02. The fourth-order valence-electron chi connectivity index (χ4n) is 3.85. The van der Waals surface area contributed by atoms with Crippen LogP contribution in [0.4, 0.5) is 16.2 Å². The van der Waals surface area contributed by atoms with Crippen LogP contribution in [0.3, 0.4) is 0 Å². The Labute approximate surface area is 219 Å². The number of anilines is 1. The SMILES string of the molecule is COc1ccc([N+](=O)[O-])cc1CSc1nc2cc(NC(=O)NC(C)(C)C)ccc2n1Cc1ccccc1. The van der Waals surface area contributed by atoms with Gasteiger partial charge in [-0.1, -0.05) is 42.1 Å². The van der Waals surface area contributed by atoms with Crippen LogP contribution in [0.25, 0.3) is 11.0 Å². The third-order valence-electron chi connectivity index (χ3n) is 5.47. The number of imidazole rings is 1. The molecule has 1 heterocycles. The first kappa shape index (κ1) is 26.0. The van der Waals surface area contributed by atoms with Gasteiger partial charge in [-0.3, -0.25) is 10.1 Å². The van der Waals surface area contributed by atoms with E-state index in [4.69, 9.17) is 9.72 Å². The number of benzene rings is 3. The third kappa shape index (κ3) is 6.59. The van der Waals surface area contributed by atoms with Crippen LogP contribution in [-0.4, -0.2) is 33.2 Å². The minimum Gasteiger partial charge on any atom is -0.496 e. The predicted molar refractivity (Wildman–Crippen MR) is 146 cm³/mol. The van der Waals surface area contributed by atoms with E-state index in [-0.39, 0.29) is 17.3 Å². The quantitative estimate of drug-likeness (QED) is 0.163. The molecule has 0 aliphatic carbocycles. The number of nitrogens with one attached hydrogen (secondary N) is 2. The van der Waals surface area contributed by atoms with Gasteiger partial charge in [0.2, 0.25) is 0 Å². The molecule has 0 unspecified atom stereocenters. The molecule has 0 fully saturated rings. The van der Waals surface area contributed by atoms with E-state index in [1.807, 2.05) is 57.2 Å². The van der Waals surface area contributed by atoms with Crippen molar-refractivity contribution < 1.29 is 14.5 Å². The molecule has 0 aliphatic rings. The minimum atomic E-state index is -0.414. The summed E-state index contributed by atoms with van der Waals surface area (Å²) < 4.78 is 7.54. The molecule has 192 valence electrons. The van der Waals surface area contributed by atoms with Crippen molar-refractivity contribution in [3.05, 3.63) is 88.0 Å². The van der Waals surface area contributed by atoms with Crippen LogP contribution in [-0.2, 0) is 12.3 Å². The lowest BCUT2D eigenvalue weighted by atomic mass is 10.1. The predicted octanol–water partition coefficient (Wildman–Crippen LogP) is 6.21. The highest BCUT2D eigenvalue weighted by molar-refractivity contribution is 7.98. The van der Waals surface area contributed by atoms with Gasteiger partial charge >= 0.3 is 6.03 Å². The van der Waals surface area contributed by atoms with Crippen molar-refractivity contribution in [3.63, 3.8) is 0 Å². The first-order valence-corrected chi connectivity index (χ1v) is 12.7. The second-order valence-corrected chi connectivity index (χ2v) is 10.5. The molecule has 2 N–H and O–H groups in total. The van der Waals surface area contributed by atoms with E-state index in [9.17, 15) is 14.9 Å². The lowest BCUT2D eigenvalue weighted by molar-refractivity contribution is -0.384. The zero-order valence-electron chi connectivity index (χ0n) is 21.1. The van der Waals surface area contributed by atoms with E-state index in [0.717, 1.165) is 21.8 Å². The molecule has 3 aromatic carbocycles. The Morgan fingerprint density at radius 2 is 1.86 bits per heavy atom. The number of hydrogen-bond donors (Lipinski definition) is 2. The molecule has 0 atom stereocenters. The van der Waals surface area contributed by atoms with E-state index in [0.29, 0.717) is 29.3 Å². The van der Waals surface area contributed by atoms with Gasteiger partial charge in [0.1, 0.15) is 5.75 Å². The number of fused-ring (bicyclic) bond motifs is 1. The van der Waals surface area contributed by atoms with Crippen molar-refractivity contribution in [3.8, 4) is 5.75 Å². The van der Waals surface area contributed by atoms with Crippen LogP contribution < -0.4 is 15.4 Å². The second kappa shape index (κ2) is 10.9. The fraction of sp³-hybridized carbons (Fsp3) is 0.259. The normalized spacial score (nSPS) is 11.4. The van der Waals surface area contributed by atoms with Gasteiger partial charge in [-0.15, -0.1) is 0 Å². The van der Waals surface area contributed by atoms with Crippen LogP contribution in [0.5, 0.6) is 5.75 Å². The van der Waals surface area contributed by atoms with Crippen molar-refractivity contribution >= 4 is 40.2 Å². The summed E-state index contributed by atoms with van der Waals surface area (Å²) in [5, 5.41) is 17.8. The number of non-ortho nitro benzene ring substituents is 1. The highest BCUT2D eigenvalue weighted by atomic mass is 32.2. The van der Waals surface area contributed by atoms with E-state index in [1.54, 1.807) is 13.2 Å². The first-order valence-electron chi connectivity index (χ1n) is 11.7. The maximum Gasteiger partial charge on any atom is 0.319 e. The first-order chi connectivity index (χ1) is 17.6. The zero-order chi connectivity index (χ0) is 26.6. The topological polar surface area (TPSA) is 111 Å². The van der Waals surface area contributed by atoms with Crippen molar-refractivity contribution in [1.29, 1.82) is 0 Å². The molecular weight excluding hydrogens is 490 g/mol. The van der Waals surface area contributed by atoms with Crippen molar-refractivity contribution in [2.45, 2.75) is 43.8 Å². The van der Waals surface area contributed by atoms with Gasteiger partial charge in [-0.05, 0) is 50.6 Å². The highest BCUT2D eigenvalue weighted by Gasteiger charge is 2.18. The number of ether oxygens (including phenoxy) is 1. The number of thioether (sulfide) groups is 1. The van der Waals surface area contributed by atoms with Crippen LogP contribution in [0, 0.1) is 10.1 Å². The van der Waals surface area contributed by atoms with E-state index in [2.05, 4.69) is 27.3 Å². The highest BCUT2D eigenvalue weighted by Crippen LogP contribution is 2.33. The van der Waals surface area contributed by atoms with Gasteiger partial charge in [-0.2, -0.15) is 0 Å². The molecule has 2 amide bonds. The van der Waals surface area contributed by atoms with Gasteiger partial charge < -0.3 is 19.9 Å². The van der Waals surface area contributed by atoms with Crippen LogP contribution in [0.1, 0.15) is 31.9 Å². The Balaban J connectivity index is 1.67. The molecule has 9 nitrogen and oxygen atoms in total. The lowest BCUT2D eigenvalue weighted by Gasteiger charge is -2.20. The summed E-state index contributed by atoms with van der Waals surface area (Å²) in [6.07, 6.45) is 0. The summed E-state index contributed by atoms with van der Waals surface area (Å²) in [7, 11) is 1.55. The number of carbonyl (C=O) groups excluding carboxylic acids is 1. The Morgan fingerprint density at radius 3 is 2.54 bits per heavy atom. The molecule has 4 rings (SSSR count). The molecular formula is C27H29N5O4S. The van der Waals surface area contributed by atoms with E-state index >= 15 is 0 Å². The van der Waals surface area contributed by atoms with E-state index < -0.39 is 4.92 Å².